The molecule has 6 heteroatoms. The van der Waals surface area contributed by atoms with Gasteiger partial charge in [-0.05, 0) is 44.2 Å². The van der Waals surface area contributed by atoms with E-state index in [1.807, 2.05) is 13.8 Å². The molecule has 2 atom stereocenters. The molecule has 148 valence electrons. The van der Waals surface area contributed by atoms with Crippen molar-refractivity contribution >= 4 is 0 Å². The Morgan fingerprint density at radius 2 is 1.85 bits per heavy atom. The van der Waals surface area contributed by atoms with Crippen molar-refractivity contribution in [1.82, 2.24) is 20.0 Å². The Kier molecular flexibility index (Phi) is 6.27. The number of aromatic nitrogens is 2. The number of aryl methyl sites for hydroxylation is 1. The molecule has 1 N–H and O–H groups in total. The van der Waals surface area contributed by atoms with E-state index in [1.54, 1.807) is 4.68 Å². The summed E-state index contributed by atoms with van der Waals surface area (Å²) in [6.07, 6.45) is 1.32. The molecular weight excluding hydrogens is 346 g/mol. The molecule has 0 aliphatic carbocycles. The van der Waals surface area contributed by atoms with Crippen LogP contribution in [0.2, 0.25) is 0 Å². The van der Waals surface area contributed by atoms with Gasteiger partial charge in [0.05, 0.1) is 5.69 Å². The minimum atomic E-state index is -0.603. The molecule has 3 rings (SSSR count). The second-order valence-corrected chi connectivity index (χ2v) is 8.04. The van der Waals surface area contributed by atoms with Gasteiger partial charge in [-0.3, -0.25) is 0 Å². The molecule has 2 unspecified atom stereocenters. The number of piperidine rings is 1. The van der Waals surface area contributed by atoms with Gasteiger partial charge in [-0.2, -0.15) is 5.10 Å². The lowest BCUT2D eigenvalue weighted by Gasteiger charge is -2.34. The van der Waals surface area contributed by atoms with Gasteiger partial charge in [0.2, 0.25) is 0 Å². The van der Waals surface area contributed by atoms with Crippen LogP contribution >= 0.6 is 0 Å². The minimum absolute atomic E-state index is 0.277. The van der Waals surface area contributed by atoms with Crippen molar-refractivity contribution < 1.29 is 8.78 Å². The van der Waals surface area contributed by atoms with Crippen LogP contribution in [0.3, 0.4) is 0 Å². The first kappa shape index (κ1) is 20.0. The highest BCUT2D eigenvalue weighted by molar-refractivity contribution is 5.38. The summed E-state index contributed by atoms with van der Waals surface area (Å²) in [5.41, 5.74) is 3.09. The van der Waals surface area contributed by atoms with Crippen LogP contribution in [0.5, 0.6) is 0 Å². The van der Waals surface area contributed by atoms with E-state index in [9.17, 15) is 8.78 Å². The summed E-state index contributed by atoms with van der Waals surface area (Å²) in [4.78, 5) is 2.53. The Hall–Kier alpha value is -1.79. The number of hydrogen-bond donors (Lipinski definition) is 1. The van der Waals surface area contributed by atoms with Crippen molar-refractivity contribution in [2.75, 3.05) is 26.2 Å². The fourth-order valence-corrected chi connectivity index (χ4v) is 4.24. The molecule has 0 saturated carbocycles. The lowest BCUT2D eigenvalue weighted by atomic mass is 9.92. The minimum Gasteiger partial charge on any atom is -0.311 e. The van der Waals surface area contributed by atoms with E-state index < -0.39 is 11.6 Å². The molecule has 0 bridgehead atoms. The molecule has 2 aromatic rings. The topological polar surface area (TPSA) is 33.1 Å². The summed E-state index contributed by atoms with van der Waals surface area (Å²) in [5, 5.41) is 7.96. The molecule has 1 aliphatic rings. The van der Waals surface area contributed by atoms with Crippen LogP contribution in [0.4, 0.5) is 8.78 Å². The molecular formula is C21H30F2N4. The molecule has 0 spiro atoms. The summed E-state index contributed by atoms with van der Waals surface area (Å²) in [6, 6.07) is 3.58. The summed E-state index contributed by atoms with van der Waals surface area (Å²) in [7, 11) is 0. The molecule has 1 aliphatic heterocycles. The average Bonchev–Trinajstić information content (AvgIpc) is 2.85. The number of rotatable bonds is 6. The summed E-state index contributed by atoms with van der Waals surface area (Å²) in [5.74, 6) is 0.346. The average molecular weight is 376 g/mol. The molecule has 0 radical (unpaired) electrons. The van der Waals surface area contributed by atoms with Gasteiger partial charge in [0.15, 0.2) is 5.82 Å². The maximum absolute atomic E-state index is 14.1. The fraction of sp³-hybridized carbons (Fsp3) is 0.571. The first-order chi connectivity index (χ1) is 12.8. The van der Waals surface area contributed by atoms with Crippen LogP contribution in [0, 0.1) is 37.3 Å². The highest BCUT2D eigenvalue weighted by Gasteiger charge is 2.21. The third-order valence-corrected chi connectivity index (χ3v) is 5.43. The second kappa shape index (κ2) is 8.48. The van der Waals surface area contributed by atoms with Gasteiger partial charge < -0.3 is 10.2 Å². The van der Waals surface area contributed by atoms with Crippen LogP contribution in [0.15, 0.2) is 18.2 Å². The SMILES string of the molecule is Cc1nn(-c2ccc(F)cc2F)c(C)c1CNCCN1CC(C)CC(C)C1. The van der Waals surface area contributed by atoms with Crippen molar-refractivity contribution in [2.45, 2.75) is 40.7 Å². The van der Waals surface area contributed by atoms with Gasteiger partial charge in [-0.25, -0.2) is 13.5 Å². The van der Waals surface area contributed by atoms with E-state index >= 15 is 0 Å². The second-order valence-electron chi connectivity index (χ2n) is 8.04. The number of nitrogens with one attached hydrogen (secondary N) is 1. The van der Waals surface area contributed by atoms with E-state index in [1.165, 1.54) is 31.6 Å². The van der Waals surface area contributed by atoms with E-state index in [2.05, 4.69) is 29.2 Å². The maximum Gasteiger partial charge on any atom is 0.151 e. The Morgan fingerprint density at radius 3 is 2.52 bits per heavy atom. The predicted octanol–water partition coefficient (Wildman–Crippen LogP) is 3.83. The number of benzene rings is 1. The Labute approximate surface area is 160 Å². The van der Waals surface area contributed by atoms with Crippen molar-refractivity contribution in [3.8, 4) is 5.69 Å². The van der Waals surface area contributed by atoms with Crippen LogP contribution in [0.1, 0.15) is 37.2 Å². The van der Waals surface area contributed by atoms with Crippen molar-refractivity contribution in [1.29, 1.82) is 0 Å². The third kappa shape index (κ3) is 4.74. The number of nitrogens with zero attached hydrogens (tertiary/aromatic N) is 3. The Balaban J connectivity index is 1.60. The number of likely N-dealkylation sites (tertiary alicyclic amines) is 1. The maximum atomic E-state index is 14.1. The highest BCUT2D eigenvalue weighted by atomic mass is 19.1. The van der Waals surface area contributed by atoms with Crippen molar-refractivity contribution in [2.24, 2.45) is 11.8 Å². The fourth-order valence-electron chi connectivity index (χ4n) is 4.24. The van der Waals surface area contributed by atoms with Gasteiger partial charge in [-0.1, -0.05) is 13.8 Å². The first-order valence-corrected chi connectivity index (χ1v) is 9.78. The van der Waals surface area contributed by atoms with Crippen LogP contribution in [0.25, 0.3) is 5.69 Å². The van der Waals surface area contributed by atoms with Gasteiger partial charge in [-0.15, -0.1) is 0 Å². The monoisotopic (exact) mass is 376 g/mol. The van der Waals surface area contributed by atoms with E-state index in [-0.39, 0.29) is 5.69 Å². The summed E-state index contributed by atoms with van der Waals surface area (Å²) in [6.45, 7) is 13.5. The lowest BCUT2D eigenvalue weighted by molar-refractivity contribution is 0.142. The lowest BCUT2D eigenvalue weighted by Crippen LogP contribution is -2.42. The van der Waals surface area contributed by atoms with Crippen LogP contribution in [-0.4, -0.2) is 40.9 Å². The molecule has 1 aromatic carbocycles. The zero-order chi connectivity index (χ0) is 19.6. The molecule has 1 aromatic heterocycles. The zero-order valence-electron chi connectivity index (χ0n) is 16.7. The van der Waals surface area contributed by atoms with Crippen molar-refractivity contribution in [3.05, 3.63) is 46.8 Å². The number of hydrogen-bond acceptors (Lipinski definition) is 3. The number of halogens is 2. The molecule has 2 heterocycles. The molecule has 4 nitrogen and oxygen atoms in total. The van der Waals surface area contributed by atoms with E-state index in [0.717, 1.165) is 47.9 Å². The Morgan fingerprint density at radius 1 is 1.15 bits per heavy atom. The van der Waals surface area contributed by atoms with Crippen LogP contribution < -0.4 is 5.32 Å². The van der Waals surface area contributed by atoms with Crippen LogP contribution in [-0.2, 0) is 6.54 Å². The third-order valence-electron chi connectivity index (χ3n) is 5.43. The largest absolute Gasteiger partial charge is 0.311 e. The molecule has 0 amide bonds. The quantitative estimate of drug-likeness (QED) is 0.778. The Bertz CT molecular complexity index is 777. The van der Waals surface area contributed by atoms with Gasteiger partial charge in [0, 0.05) is 50.0 Å². The highest BCUT2D eigenvalue weighted by Crippen LogP contribution is 2.22. The standard InChI is InChI=1S/C21H30F2N4/c1-14-9-15(2)13-26(12-14)8-7-24-11-19-16(3)25-27(17(19)4)21-6-5-18(22)10-20(21)23/h5-6,10,14-15,24H,7-9,11-13H2,1-4H3. The molecule has 1 saturated heterocycles. The smallest absolute Gasteiger partial charge is 0.151 e. The summed E-state index contributed by atoms with van der Waals surface area (Å²) < 4.78 is 28.8. The predicted molar refractivity (Wildman–Crippen MR) is 104 cm³/mol. The molecule has 1 fully saturated rings. The normalized spacial score (nSPS) is 21.0. The zero-order valence-corrected chi connectivity index (χ0v) is 16.7. The van der Waals surface area contributed by atoms with E-state index in [0.29, 0.717) is 6.54 Å². The molecule has 27 heavy (non-hydrogen) atoms. The van der Waals surface area contributed by atoms with E-state index in [4.69, 9.17) is 0 Å². The summed E-state index contributed by atoms with van der Waals surface area (Å²) >= 11 is 0. The van der Waals surface area contributed by atoms with Gasteiger partial charge in [0.25, 0.3) is 0 Å². The van der Waals surface area contributed by atoms with Gasteiger partial charge in [0.1, 0.15) is 11.5 Å². The van der Waals surface area contributed by atoms with Crippen molar-refractivity contribution in [3.63, 3.8) is 0 Å². The first-order valence-electron chi connectivity index (χ1n) is 9.78. The van der Waals surface area contributed by atoms with Gasteiger partial charge >= 0.3 is 0 Å².